The predicted molar refractivity (Wildman–Crippen MR) is 348 cm³/mol. The van der Waals surface area contributed by atoms with Crippen LogP contribution in [0.15, 0.2) is 144 Å². The summed E-state index contributed by atoms with van der Waals surface area (Å²) < 4.78 is 7.59. The molecule has 0 N–H and O–H groups in total. The molecule has 7 aromatic carbocycles. The molecule has 0 saturated heterocycles. The van der Waals surface area contributed by atoms with E-state index in [2.05, 4.69) is 265 Å². The van der Waals surface area contributed by atoms with E-state index in [0.29, 0.717) is 5.92 Å². The average molecular weight is 1070 g/mol. The number of hydrogen-bond donors (Lipinski definition) is 0. The van der Waals surface area contributed by atoms with Gasteiger partial charge in [0, 0.05) is 56.2 Å². The van der Waals surface area contributed by atoms with E-state index in [9.17, 15) is 0 Å². The molecule has 13 rings (SSSR count). The van der Waals surface area contributed by atoms with E-state index in [1.54, 1.807) is 0 Å². The van der Waals surface area contributed by atoms with Gasteiger partial charge in [-0.3, -0.25) is 4.90 Å². The van der Waals surface area contributed by atoms with Crippen LogP contribution in [0.4, 0.5) is 45.7 Å². The Hall–Kier alpha value is -6.46. The summed E-state index contributed by atoms with van der Waals surface area (Å²) in [7, 11) is 0. The van der Waals surface area contributed by atoms with Gasteiger partial charge in [0.1, 0.15) is 5.58 Å². The summed E-state index contributed by atoms with van der Waals surface area (Å²) in [6.45, 7) is 38.9. The molecule has 4 nitrogen and oxygen atoms in total. The first-order valence-electron chi connectivity index (χ1n) is 30.9. The highest BCUT2D eigenvalue weighted by Crippen LogP contribution is 2.55. The lowest BCUT2D eigenvalue weighted by Gasteiger charge is -2.51. The summed E-state index contributed by atoms with van der Waals surface area (Å²) in [4.78, 5) is 8.07. The smallest absolute Gasteiger partial charge is 0.257 e. The van der Waals surface area contributed by atoms with Gasteiger partial charge >= 0.3 is 0 Å². The fraction of sp³-hybridized carbons (Fsp3) is 0.421. The van der Waals surface area contributed by atoms with Gasteiger partial charge in [-0.15, -0.1) is 0 Å². The van der Waals surface area contributed by atoms with Gasteiger partial charge in [-0.25, -0.2) is 0 Å². The Labute approximate surface area is 486 Å². The van der Waals surface area contributed by atoms with Crippen LogP contribution in [0.2, 0.25) is 0 Å². The minimum absolute atomic E-state index is 0.00198. The zero-order chi connectivity index (χ0) is 57.1. The molecular formula is C76H88BN3O. The number of rotatable bonds is 6. The Kier molecular flexibility index (Phi) is 12.1. The molecule has 5 heteroatoms. The standard InChI is InChI=1S/C76H88BN3O/c1-48-22-20-21-37-76(48,16)80(54-30-25-50(26-31-54)49-23-18-17-19-24-49)56-44-64-68-65(45-56)79(53-32-27-51(28-33-53)70(2,3)4)69-67(57-42-52(71(5,6)7)29-36-66(57)81-69)77(68)62-46-60-61(75(14,15)41-40-74(60,12)13)47-63(62)78(64)55-34-35-58-59(43-55)73(10,11)39-38-72(58,8)9/h17-19,23-36,42-48H,20-22,37-41H2,1-16H3. The number of fused-ring (bicyclic) bond motifs is 8. The molecule has 0 spiro atoms. The van der Waals surface area contributed by atoms with Crippen molar-refractivity contribution in [3.63, 3.8) is 0 Å². The van der Waals surface area contributed by atoms with Crippen molar-refractivity contribution >= 4 is 79.8 Å². The lowest BCUT2D eigenvalue weighted by molar-refractivity contribution is 0.224. The number of hydrogen-bond acceptors (Lipinski definition) is 4. The monoisotopic (exact) mass is 1070 g/mol. The van der Waals surface area contributed by atoms with Gasteiger partial charge in [0.25, 0.3) is 6.71 Å². The molecular weight excluding hydrogens is 982 g/mol. The third-order valence-corrected chi connectivity index (χ3v) is 21.2. The number of nitrogens with zero attached hydrogens (tertiary/aromatic N) is 3. The van der Waals surface area contributed by atoms with Gasteiger partial charge in [-0.1, -0.05) is 189 Å². The molecule has 8 aromatic rings. The topological polar surface area (TPSA) is 22.9 Å². The zero-order valence-electron chi connectivity index (χ0n) is 51.8. The first-order valence-corrected chi connectivity index (χ1v) is 30.9. The van der Waals surface area contributed by atoms with Crippen molar-refractivity contribution in [1.82, 2.24) is 0 Å². The third kappa shape index (κ3) is 8.57. The Morgan fingerprint density at radius 2 is 1.04 bits per heavy atom. The van der Waals surface area contributed by atoms with E-state index in [0.717, 1.165) is 42.8 Å². The molecule has 1 saturated carbocycles. The fourth-order valence-electron chi connectivity index (χ4n) is 15.5. The molecule has 5 aliphatic rings. The van der Waals surface area contributed by atoms with Gasteiger partial charge < -0.3 is 14.2 Å². The van der Waals surface area contributed by atoms with Crippen LogP contribution in [-0.2, 0) is 32.5 Å². The van der Waals surface area contributed by atoms with E-state index >= 15 is 0 Å². The Morgan fingerprint density at radius 1 is 0.481 bits per heavy atom. The van der Waals surface area contributed by atoms with Crippen LogP contribution in [0, 0.1) is 5.92 Å². The average Bonchev–Trinajstić information content (AvgIpc) is 4.09. The van der Waals surface area contributed by atoms with Crippen molar-refractivity contribution < 1.29 is 4.42 Å². The van der Waals surface area contributed by atoms with Crippen LogP contribution in [0.1, 0.15) is 196 Å². The minimum Gasteiger partial charge on any atom is -0.440 e. The second-order valence-electron chi connectivity index (χ2n) is 30.6. The first-order chi connectivity index (χ1) is 38.2. The Morgan fingerprint density at radius 3 is 1.65 bits per heavy atom. The summed E-state index contributed by atoms with van der Waals surface area (Å²) in [5.41, 5.74) is 24.3. The Balaban J connectivity index is 1.19. The van der Waals surface area contributed by atoms with Gasteiger partial charge in [0.15, 0.2) is 0 Å². The number of benzene rings is 7. The number of furan rings is 1. The van der Waals surface area contributed by atoms with Crippen LogP contribution >= 0.6 is 0 Å². The molecule has 3 heterocycles. The van der Waals surface area contributed by atoms with E-state index in [-0.39, 0.29) is 44.7 Å². The van der Waals surface area contributed by atoms with E-state index in [1.807, 2.05) is 0 Å². The lowest BCUT2D eigenvalue weighted by atomic mass is 9.33. The van der Waals surface area contributed by atoms with Gasteiger partial charge in [0.05, 0.1) is 0 Å². The second kappa shape index (κ2) is 18.3. The van der Waals surface area contributed by atoms with Crippen molar-refractivity contribution in [3.05, 3.63) is 173 Å². The lowest BCUT2D eigenvalue weighted by Crippen LogP contribution is -2.61. The fourth-order valence-corrected chi connectivity index (χ4v) is 15.5. The predicted octanol–water partition coefficient (Wildman–Crippen LogP) is 19.6. The highest BCUT2D eigenvalue weighted by molar-refractivity contribution is 7.01. The normalized spacial score (nSPS) is 21.2. The summed E-state index contributed by atoms with van der Waals surface area (Å²) in [5.74, 6) is 1.37. The highest BCUT2D eigenvalue weighted by Gasteiger charge is 2.51. The van der Waals surface area contributed by atoms with Crippen LogP contribution in [-0.4, -0.2) is 12.3 Å². The van der Waals surface area contributed by atoms with E-state index in [4.69, 9.17) is 4.42 Å². The summed E-state index contributed by atoms with van der Waals surface area (Å²) >= 11 is 0. The van der Waals surface area contributed by atoms with Crippen molar-refractivity contribution in [2.45, 2.75) is 200 Å². The SMILES string of the molecule is CC1CCCCC1(C)N(c1ccc(-c2ccccc2)cc1)c1cc2c3c(c1)N(c1ccc(C(C)(C)C)cc1)c1oc4ccc(C(C)(C)C)cc4c1B3c1cc3c(cc1N2c1ccc2c(c1)C(C)(C)CCC2(C)C)C(C)(C)CCC3(C)C. The largest absolute Gasteiger partial charge is 0.440 e. The quantitative estimate of drug-likeness (QED) is 0.155. The third-order valence-electron chi connectivity index (χ3n) is 21.2. The first kappa shape index (κ1) is 53.8. The zero-order valence-corrected chi connectivity index (χ0v) is 51.8. The Bertz CT molecular complexity index is 3790. The van der Waals surface area contributed by atoms with Gasteiger partial charge in [0.2, 0.25) is 5.88 Å². The molecule has 2 atom stereocenters. The van der Waals surface area contributed by atoms with Crippen molar-refractivity contribution in [2.24, 2.45) is 5.92 Å². The van der Waals surface area contributed by atoms with Crippen molar-refractivity contribution in [2.75, 3.05) is 14.7 Å². The van der Waals surface area contributed by atoms with Crippen LogP contribution in [0.5, 0.6) is 0 Å². The van der Waals surface area contributed by atoms with Crippen molar-refractivity contribution in [3.8, 4) is 11.1 Å². The molecule has 2 aliphatic heterocycles. The summed E-state index contributed by atoms with van der Waals surface area (Å²) in [6, 6.07) is 55.1. The summed E-state index contributed by atoms with van der Waals surface area (Å²) in [6.07, 6.45) is 9.37. The maximum atomic E-state index is 7.59. The molecule has 2 unspecified atom stereocenters. The number of anilines is 8. The van der Waals surface area contributed by atoms with Crippen LogP contribution in [0.3, 0.4) is 0 Å². The molecule has 1 fully saturated rings. The van der Waals surface area contributed by atoms with Crippen LogP contribution in [0.25, 0.3) is 22.1 Å². The van der Waals surface area contributed by atoms with Gasteiger partial charge in [-0.2, -0.15) is 0 Å². The van der Waals surface area contributed by atoms with Crippen LogP contribution < -0.4 is 31.1 Å². The molecule has 1 aromatic heterocycles. The maximum Gasteiger partial charge on any atom is 0.257 e. The summed E-state index contributed by atoms with van der Waals surface area (Å²) in [5, 5.41) is 1.21. The maximum absolute atomic E-state index is 7.59. The minimum atomic E-state index is -0.178. The van der Waals surface area contributed by atoms with Gasteiger partial charge in [-0.05, 0) is 206 Å². The molecule has 416 valence electrons. The molecule has 0 amide bonds. The highest BCUT2D eigenvalue weighted by atomic mass is 16.4. The molecule has 3 aliphatic carbocycles. The van der Waals surface area contributed by atoms with E-state index < -0.39 is 0 Å². The molecule has 0 bridgehead atoms. The molecule has 0 radical (unpaired) electrons. The van der Waals surface area contributed by atoms with E-state index in [1.165, 1.54) is 126 Å². The van der Waals surface area contributed by atoms with Crippen molar-refractivity contribution in [1.29, 1.82) is 0 Å². The molecule has 81 heavy (non-hydrogen) atoms. The second-order valence-corrected chi connectivity index (χ2v) is 30.6.